The van der Waals surface area contributed by atoms with Gasteiger partial charge in [0.05, 0.1) is 6.61 Å². The second-order valence-corrected chi connectivity index (χ2v) is 4.61. The molecule has 4 atom stereocenters. The smallest absolute Gasteiger partial charge is 0.221 e. The summed E-state index contributed by atoms with van der Waals surface area (Å²) < 4.78 is 6.80. The Kier molecular flexibility index (Phi) is 3.35. The topological polar surface area (TPSA) is 178 Å². The first-order valence-electron chi connectivity index (χ1n) is 6.16. The van der Waals surface area contributed by atoms with Crippen molar-refractivity contribution in [2.75, 3.05) is 17.8 Å². The van der Waals surface area contributed by atoms with Gasteiger partial charge >= 0.3 is 0 Å². The highest BCUT2D eigenvalue weighted by Crippen LogP contribution is 2.34. The first kappa shape index (κ1) is 13.9. The number of aliphatic hydroxyl groups is 3. The third-order valence-electron chi connectivity index (χ3n) is 3.41. The summed E-state index contributed by atoms with van der Waals surface area (Å²) in [5, 5.41) is 29.1. The van der Waals surface area contributed by atoms with Crippen molar-refractivity contribution in [2.24, 2.45) is 5.84 Å². The second-order valence-electron chi connectivity index (χ2n) is 4.61. The minimum Gasteiger partial charge on any atom is -0.394 e. The van der Waals surface area contributed by atoms with Crippen LogP contribution >= 0.6 is 0 Å². The van der Waals surface area contributed by atoms with Gasteiger partial charge < -0.3 is 25.8 Å². The number of nitrogens with zero attached hydrogens (tertiary/aromatic N) is 4. The summed E-state index contributed by atoms with van der Waals surface area (Å²) in [5.74, 6) is 5.68. The molecule has 3 heterocycles. The number of anilines is 2. The molecule has 1 aliphatic rings. The van der Waals surface area contributed by atoms with Crippen LogP contribution in [0.25, 0.3) is 11.2 Å². The van der Waals surface area contributed by atoms with Gasteiger partial charge in [-0.05, 0) is 0 Å². The highest BCUT2D eigenvalue weighted by molar-refractivity contribution is 5.84. The molecule has 0 bridgehead atoms. The number of nitrogens with one attached hydrogen (secondary N) is 1. The number of fused-ring (bicyclic) bond motifs is 1. The number of hydrogen-bond donors (Lipinski definition) is 6. The van der Waals surface area contributed by atoms with Crippen LogP contribution in [0.2, 0.25) is 0 Å². The Hall–Kier alpha value is -2.05. The molecule has 1 saturated heterocycles. The molecule has 0 spiro atoms. The number of nitrogen functional groups attached to an aromatic ring is 2. The van der Waals surface area contributed by atoms with Gasteiger partial charge in [-0.1, -0.05) is 0 Å². The number of imidazole rings is 1. The van der Waals surface area contributed by atoms with Gasteiger partial charge in [0.15, 0.2) is 23.2 Å². The van der Waals surface area contributed by atoms with Crippen molar-refractivity contribution < 1.29 is 20.1 Å². The molecule has 11 heteroatoms. The van der Waals surface area contributed by atoms with Gasteiger partial charge in [-0.25, -0.2) is 20.8 Å². The lowest BCUT2D eigenvalue weighted by atomic mass is 10.1. The summed E-state index contributed by atoms with van der Waals surface area (Å²) in [7, 11) is 0. The maximum atomic E-state index is 10.1. The number of hydrogen-bond acceptors (Lipinski definition) is 10. The maximum Gasteiger partial charge on any atom is 0.221 e. The molecule has 1 aliphatic heterocycles. The summed E-state index contributed by atoms with van der Waals surface area (Å²) in [6.45, 7) is -0.441. The first-order valence-corrected chi connectivity index (χ1v) is 6.16. The molecule has 21 heavy (non-hydrogen) atoms. The molecule has 0 unspecified atom stereocenters. The largest absolute Gasteiger partial charge is 0.394 e. The van der Waals surface area contributed by atoms with Crippen molar-refractivity contribution in [1.82, 2.24) is 19.5 Å². The van der Waals surface area contributed by atoms with Crippen molar-refractivity contribution in [3.8, 4) is 0 Å². The molecular weight excluding hydrogens is 282 g/mol. The van der Waals surface area contributed by atoms with Gasteiger partial charge in [-0.15, -0.1) is 0 Å². The molecule has 2 aromatic rings. The zero-order valence-electron chi connectivity index (χ0n) is 10.8. The number of nitrogens with two attached hydrogens (primary N) is 2. The van der Waals surface area contributed by atoms with Gasteiger partial charge in [-0.2, -0.15) is 0 Å². The van der Waals surface area contributed by atoms with E-state index in [-0.39, 0.29) is 22.9 Å². The highest BCUT2D eigenvalue weighted by atomic mass is 16.6. The third-order valence-corrected chi connectivity index (χ3v) is 3.41. The van der Waals surface area contributed by atoms with E-state index in [4.69, 9.17) is 21.4 Å². The lowest BCUT2D eigenvalue weighted by molar-refractivity contribution is -0.0501. The minimum absolute atomic E-state index is 0.132. The lowest BCUT2D eigenvalue weighted by Crippen LogP contribution is -2.33. The highest BCUT2D eigenvalue weighted by Gasteiger charge is 2.45. The van der Waals surface area contributed by atoms with Crippen molar-refractivity contribution in [3.05, 3.63) is 6.33 Å². The molecule has 0 aromatic carbocycles. The Bertz CT molecular complexity index is 662. The van der Waals surface area contributed by atoms with Crippen LogP contribution in [0.5, 0.6) is 0 Å². The molecule has 8 N–H and O–H groups in total. The normalized spacial score (nSPS) is 29.1. The molecule has 114 valence electrons. The van der Waals surface area contributed by atoms with E-state index in [2.05, 4.69) is 20.4 Å². The molecule has 2 aromatic heterocycles. The zero-order valence-corrected chi connectivity index (χ0v) is 10.8. The van der Waals surface area contributed by atoms with E-state index in [1.807, 2.05) is 0 Å². The van der Waals surface area contributed by atoms with Crippen LogP contribution < -0.4 is 17.0 Å². The Balaban J connectivity index is 2.14. The molecule has 0 radical (unpaired) electrons. The monoisotopic (exact) mass is 297 g/mol. The van der Waals surface area contributed by atoms with E-state index in [9.17, 15) is 10.2 Å². The summed E-state index contributed by atoms with van der Waals surface area (Å²) in [6.07, 6.45) is -3.25. The van der Waals surface area contributed by atoms with Crippen LogP contribution in [0.3, 0.4) is 0 Å². The molecule has 1 fully saturated rings. The number of ether oxygens (including phenoxy) is 1. The average Bonchev–Trinajstić information content (AvgIpc) is 2.99. The van der Waals surface area contributed by atoms with Crippen LogP contribution in [0, 0.1) is 0 Å². The predicted octanol–water partition coefficient (Wildman–Crippen LogP) is -2.69. The Morgan fingerprint density at radius 3 is 2.71 bits per heavy atom. The van der Waals surface area contributed by atoms with E-state index >= 15 is 0 Å². The van der Waals surface area contributed by atoms with Crippen LogP contribution in [0.1, 0.15) is 6.23 Å². The van der Waals surface area contributed by atoms with Gasteiger partial charge in [0, 0.05) is 0 Å². The molecule has 11 nitrogen and oxygen atoms in total. The van der Waals surface area contributed by atoms with E-state index in [1.165, 1.54) is 10.9 Å². The van der Waals surface area contributed by atoms with E-state index in [0.29, 0.717) is 0 Å². The summed E-state index contributed by atoms with van der Waals surface area (Å²) in [6, 6.07) is 0. The lowest BCUT2D eigenvalue weighted by Gasteiger charge is -2.18. The van der Waals surface area contributed by atoms with Crippen molar-refractivity contribution >= 4 is 22.9 Å². The molecule has 3 rings (SSSR count). The average molecular weight is 297 g/mol. The number of aliphatic hydroxyl groups excluding tert-OH is 3. The second kappa shape index (κ2) is 5.05. The molecule has 0 saturated carbocycles. The van der Waals surface area contributed by atoms with Gasteiger partial charge in [-0.3, -0.25) is 9.99 Å². The number of rotatable bonds is 3. The standard InChI is InChI=1S/C10H15N7O4/c11-7-4-8(14-2-13-7)17(10(15-4)16-12)9-6(20)5(19)3(1-18)21-9/h2-3,5-6,9,18-20H,1,12H2,(H,15,16)(H2,11,13,14)/t3-,5+,6+,9+/m0/s1. The van der Waals surface area contributed by atoms with Crippen LogP contribution in [0.4, 0.5) is 11.8 Å². The van der Waals surface area contributed by atoms with Crippen LogP contribution in [-0.4, -0.2) is 59.8 Å². The van der Waals surface area contributed by atoms with E-state index < -0.39 is 31.1 Å². The van der Waals surface area contributed by atoms with Gasteiger partial charge in [0.2, 0.25) is 5.95 Å². The summed E-state index contributed by atoms with van der Waals surface area (Å²) in [5.41, 5.74) is 8.63. The summed E-state index contributed by atoms with van der Waals surface area (Å²) in [4.78, 5) is 12.0. The number of aromatic nitrogens is 4. The maximum absolute atomic E-state index is 10.1. The van der Waals surface area contributed by atoms with E-state index in [1.54, 1.807) is 0 Å². The van der Waals surface area contributed by atoms with Crippen LogP contribution in [0.15, 0.2) is 6.33 Å². The Morgan fingerprint density at radius 1 is 1.33 bits per heavy atom. The molecular formula is C10H15N7O4. The third kappa shape index (κ3) is 1.99. The predicted molar refractivity (Wildman–Crippen MR) is 70.6 cm³/mol. The van der Waals surface area contributed by atoms with Crippen molar-refractivity contribution in [2.45, 2.75) is 24.5 Å². The van der Waals surface area contributed by atoms with Crippen LogP contribution in [-0.2, 0) is 4.74 Å². The SMILES string of the molecule is NNc1nc2c(N)ncnc2n1[C@@H]1O[C@@H](CO)[C@@H](O)[C@H]1O. The number of hydrazine groups is 1. The van der Waals surface area contributed by atoms with Gasteiger partial charge in [0.25, 0.3) is 0 Å². The Labute approximate surface area is 118 Å². The zero-order chi connectivity index (χ0) is 15.1. The molecule has 0 amide bonds. The van der Waals surface area contributed by atoms with Crippen molar-refractivity contribution in [3.63, 3.8) is 0 Å². The fourth-order valence-corrected chi connectivity index (χ4v) is 2.36. The fourth-order valence-electron chi connectivity index (χ4n) is 2.36. The van der Waals surface area contributed by atoms with Gasteiger partial charge in [0.1, 0.15) is 24.6 Å². The molecule has 0 aliphatic carbocycles. The van der Waals surface area contributed by atoms with E-state index in [0.717, 1.165) is 0 Å². The minimum atomic E-state index is -1.29. The fraction of sp³-hybridized carbons (Fsp3) is 0.500. The van der Waals surface area contributed by atoms with Crippen molar-refractivity contribution in [1.29, 1.82) is 0 Å². The summed E-state index contributed by atoms with van der Waals surface area (Å²) >= 11 is 0. The first-order chi connectivity index (χ1) is 10.1. The Morgan fingerprint density at radius 2 is 2.10 bits per heavy atom. The quantitative estimate of drug-likeness (QED) is 0.258.